The lowest BCUT2D eigenvalue weighted by molar-refractivity contribution is 0.101. The van der Waals surface area contributed by atoms with Crippen molar-refractivity contribution in [1.29, 1.82) is 0 Å². The molecule has 1 heterocycles. The zero-order valence-electron chi connectivity index (χ0n) is 11.9. The number of anilines is 1. The number of hydrogen-bond donors (Lipinski definition) is 2. The van der Waals surface area contributed by atoms with E-state index in [9.17, 15) is 4.79 Å². The zero-order chi connectivity index (χ0) is 14.7. The molecule has 0 aliphatic heterocycles. The number of benzene rings is 1. The summed E-state index contributed by atoms with van der Waals surface area (Å²) < 4.78 is 5.54. The number of H-pyrrole nitrogens is 1. The molecule has 0 spiro atoms. The van der Waals surface area contributed by atoms with Crippen LogP contribution in [0.5, 0.6) is 5.75 Å². The molecule has 6 nitrogen and oxygen atoms in total. The first-order valence-corrected chi connectivity index (χ1v) is 7.22. The molecule has 3 rings (SSSR count). The number of amides is 1. The van der Waals surface area contributed by atoms with E-state index in [0.29, 0.717) is 18.2 Å². The molecule has 1 aromatic carbocycles. The second kappa shape index (κ2) is 5.95. The van der Waals surface area contributed by atoms with E-state index in [2.05, 4.69) is 20.5 Å². The molecule has 0 unspecified atom stereocenters. The Morgan fingerprint density at radius 2 is 2.33 bits per heavy atom. The number of carbonyl (C=O) groups is 1. The molecule has 1 saturated carbocycles. The lowest BCUT2D eigenvalue weighted by Gasteiger charge is -2.07. The molecule has 0 bridgehead atoms. The van der Waals surface area contributed by atoms with E-state index in [1.807, 2.05) is 25.1 Å². The van der Waals surface area contributed by atoms with Crippen LogP contribution in [-0.4, -0.2) is 27.7 Å². The van der Waals surface area contributed by atoms with E-state index in [1.165, 1.54) is 0 Å². The number of aromatic nitrogens is 3. The van der Waals surface area contributed by atoms with Gasteiger partial charge in [-0.1, -0.05) is 13.0 Å². The van der Waals surface area contributed by atoms with Crippen LogP contribution in [0.15, 0.2) is 24.3 Å². The molecular weight excluding hydrogens is 268 g/mol. The second-order valence-corrected chi connectivity index (χ2v) is 5.15. The first-order valence-electron chi connectivity index (χ1n) is 7.22. The van der Waals surface area contributed by atoms with Crippen LogP contribution in [0.25, 0.3) is 0 Å². The summed E-state index contributed by atoms with van der Waals surface area (Å²) in [5.74, 6) is 1.86. The highest BCUT2D eigenvalue weighted by Gasteiger charge is 2.28. The molecule has 21 heavy (non-hydrogen) atoms. The highest BCUT2D eigenvalue weighted by atomic mass is 16.5. The summed E-state index contributed by atoms with van der Waals surface area (Å²) >= 11 is 0. The molecule has 6 heteroatoms. The average Bonchev–Trinajstić information content (AvgIpc) is 3.22. The van der Waals surface area contributed by atoms with Gasteiger partial charge in [0.25, 0.3) is 5.91 Å². The minimum absolute atomic E-state index is 0.178. The van der Waals surface area contributed by atoms with Crippen LogP contribution in [0, 0.1) is 0 Å². The Labute approximate surface area is 122 Å². The predicted octanol–water partition coefficient (Wildman–Crippen LogP) is 2.72. The van der Waals surface area contributed by atoms with Crippen LogP contribution < -0.4 is 10.1 Å². The summed E-state index contributed by atoms with van der Waals surface area (Å²) in [4.78, 5) is 16.3. The highest BCUT2D eigenvalue weighted by Crippen LogP contribution is 2.37. The van der Waals surface area contributed by atoms with Crippen molar-refractivity contribution < 1.29 is 9.53 Å². The number of hydrogen-bond acceptors (Lipinski definition) is 4. The van der Waals surface area contributed by atoms with Crippen molar-refractivity contribution in [2.45, 2.75) is 32.1 Å². The van der Waals surface area contributed by atoms with Gasteiger partial charge in [0, 0.05) is 17.7 Å². The number of aromatic amines is 1. The Balaban J connectivity index is 1.65. The molecular formula is C15H18N4O2. The summed E-state index contributed by atoms with van der Waals surface area (Å²) in [5.41, 5.74) is 0.673. The van der Waals surface area contributed by atoms with Crippen molar-refractivity contribution in [3.05, 3.63) is 35.9 Å². The maximum Gasteiger partial charge on any atom is 0.295 e. The average molecular weight is 286 g/mol. The Morgan fingerprint density at radius 1 is 1.48 bits per heavy atom. The van der Waals surface area contributed by atoms with Gasteiger partial charge in [0.2, 0.25) is 5.82 Å². The van der Waals surface area contributed by atoms with Gasteiger partial charge in [0.1, 0.15) is 11.6 Å². The first-order chi connectivity index (χ1) is 10.3. The third kappa shape index (κ3) is 3.39. The SMILES string of the molecule is CCCOc1cccc(NC(=O)c2n[nH]c(C3CC3)n2)c1. The van der Waals surface area contributed by atoms with Gasteiger partial charge >= 0.3 is 0 Å². The van der Waals surface area contributed by atoms with Crippen LogP contribution in [0.2, 0.25) is 0 Å². The van der Waals surface area contributed by atoms with Gasteiger partial charge in [-0.15, -0.1) is 5.10 Å². The molecule has 2 N–H and O–H groups in total. The van der Waals surface area contributed by atoms with Gasteiger partial charge in [0.05, 0.1) is 6.61 Å². The zero-order valence-corrected chi connectivity index (χ0v) is 11.9. The summed E-state index contributed by atoms with van der Waals surface area (Å²) in [6, 6.07) is 7.31. The van der Waals surface area contributed by atoms with Gasteiger partial charge in [-0.25, -0.2) is 4.98 Å². The van der Waals surface area contributed by atoms with Gasteiger partial charge in [-0.05, 0) is 31.4 Å². The molecule has 2 aromatic rings. The van der Waals surface area contributed by atoms with Crippen LogP contribution in [0.3, 0.4) is 0 Å². The molecule has 0 radical (unpaired) electrons. The fourth-order valence-electron chi connectivity index (χ4n) is 1.99. The molecule has 1 aliphatic carbocycles. The van der Waals surface area contributed by atoms with Crippen LogP contribution in [-0.2, 0) is 0 Å². The first kappa shape index (κ1) is 13.6. The molecule has 1 aromatic heterocycles. The van der Waals surface area contributed by atoms with Crippen molar-refractivity contribution in [1.82, 2.24) is 15.2 Å². The van der Waals surface area contributed by atoms with E-state index in [-0.39, 0.29) is 11.7 Å². The summed E-state index contributed by atoms with van der Waals surface area (Å²) in [6.07, 6.45) is 3.18. The minimum atomic E-state index is -0.314. The minimum Gasteiger partial charge on any atom is -0.494 e. The van der Waals surface area contributed by atoms with Crippen LogP contribution in [0.4, 0.5) is 5.69 Å². The summed E-state index contributed by atoms with van der Waals surface area (Å²) in [5, 5.41) is 9.58. The second-order valence-electron chi connectivity index (χ2n) is 5.15. The molecule has 1 aliphatic rings. The Bertz CT molecular complexity index is 634. The number of nitrogens with one attached hydrogen (secondary N) is 2. The van der Waals surface area contributed by atoms with Crippen molar-refractivity contribution in [2.75, 3.05) is 11.9 Å². The number of carbonyl (C=O) groups excluding carboxylic acids is 1. The highest BCUT2D eigenvalue weighted by molar-refractivity contribution is 6.01. The topological polar surface area (TPSA) is 79.9 Å². The van der Waals surface area contributed by atoms with E-state index in [1.54, 1.807) is 6.07 Å². The number of rotatable bonds is 6. The Kier molecular flexibility index (Phi) is 3.85. The lowest BCUT2D eigenvalue weighted by atomic mass is 10.3. The van der Waals surface area contributed by atoms with Gasteiger partial charge in [-0.3, -0.25) is 9.89 Å². The van der Waals surface area contributed by atoms with Crippen LogP contribution >= 0.6 is 0 Å². The lowest BCUT2D eigenvalue weighted by Crippen LogP contribution is -2.13. The quantitative estimate of drug-likeness (QED) is 0.855. The summed E-state index contributed by atoms with van der Waals surface area (Å²) in [7, 11) is 0. The maximum absolute atomic E-state index is 12.1. The van der Waals surface area contributed by atoms with Crippen molar-refractivity contribution in [2.24, 2.45) is 0 Å². The number of ether oxygens (including phenoxy) is 1. The Hall–Kier alpha value is -2.37. The molecule has 1 amide bonds. The standard InChI is InChI=1S/C15H18N4O2/c1-2-8-21-12-5-3-4-11(9-12)16-15(20)14-17-13(18-19-14)10-6-7-10/h3-5,9-10H,2,6-8H2,1H3,(H,16,20)(H,17,18,19). The van der Waals surface area contributed by atoms with Gasteiger partial charge in [-0.2, -0.15) is 0 Å². The fraction of sp³-hybridized carbons (Fsp3) is 0.400. The maximum atomic E-state index is 12.1. The smallest absolute Gasteiger partial charge is 0.295 e. The largest absolute Gasteiger partial charge is 0.494 e. The van der Waals surface area contributed by atoms with E-state index in [4.69, 9.17) is 4.74 Å². The normalized spacial score (nSPS) is 14.0. The fourth-order valence-corrected chi connectivity index (χ4v) is 1.99. The molecule has 0 saturated heterocycles. The van der Waals surface area contributed by atoms with Crippen molar-refractivity contribution >= 4 is 11.6 Å². The van der Waals surface area contributed by atoms with Crippen molar-refractivity contribution in [3.63, 3.8) is 0 Å². The van der Waals surface area contributed by atoms with E-state index < -0.39 is 0 Å². The van der Waals surface area contributed by atoms with E-state index in [0.717, 1.165) is 30.8 Å². The summed E-state index contributed by atoms with van der Waals surface area (Å²) in [6.45, 7) is 2.70. The monoisotopic (exact) mass is 286 g/mol. The van der Waals surface area contributed by atoms with Gasteiger partial charge in [0.15, 0.2) is 0 Å². The third-order valence-electron chi connectivity index (χ3n) is 3.23. The predicted molar refractivity (Wildman–Crippen MR) is 78.5 cm³/mol. The molecule has 1 fully saturated rings. The van der Waals surface area contributed by atoms with E-state index >= 15 is 0 Å². The Morgan fingerprint density at radius 3 is 3.10 bits per heavy atom. The van der Waals surface area contributed by atoms with Crippen molar-refractivity contribution in [3.8, 4) is 5.75 Å². The number of nitrogens with zero attached hydrogens (tertiary/aromatic N) is 2. The molecule has 0 atom stereocenters. The van der Waals surface area contributed by atoms with Gasteiger partial charge < -0.3 is 10.1 Å². The molecule has 110 valence electrons. The third-order valence-corrected chi connectivity index (χ3v) is 3.23. The van der Waals surface area contributed by atoms with Crippen LogP contribution in [0.1, 0.15) is 48.5 Å².